The number of aryl methyl sites for hydroxylation is 3. The van der Waals surface area contributed by atoms with Crippen LogP contribution in [-0.4, -0.2) is 9.97 Å². The molecule has 2 aromatic rings. The summed E-state index contributed by atoms with van der Waals surface area (Å²) in [6.45, 7) is 8.52. The first-order valence-corrected chi connectivity index (χ1v) is 9.37. The molecule has 2 nitrogen and oxygen atoms in total. The van der Waals surface area contributed by atoms with Crippen molar-refractivity contribution in [1.82, 2.24) is 9.97 Å². The number of hydrogen-bond donors (Lipinski definition) is 0. The molecule has 1 aromatic heterocycles. The van der Waals surface area contributed by atoms with Gasteiger partial charge in [0.15, 0.2) is 0 Å². The highest BCUT2D eigenvalue weighted by Crippen LogP contribution is 2.33. The summed E-state index contributed by atoms with van der Waals surface area (Å²) < 4.78 is 0. The molecule has 1 fully saturated rings. The SMILES string of the molecule is Cc1cccc(CC2CCCC(Cc3nc(C)c(C)c(C)n3)C2)c1. The standard InChI is InChI=1S/C22H30N2/c1-15-7-5-8-19(11-15)12-20-9-6-10-21(13-20)14-22-23-17(3)16(2)18(4)24-22/h5,7-8,11,20-21H,6,9-10,12-14H2,1-4H3. The van der Waals surface area contributed by atoms with Gasteiger partial charge in [-0.3, -0.25) is 0 Å². The van der Waals surface area contributed by atoms with Gasteiger partial charge in [0.1, 0.15) is 5.82 Å². The van der Waals surface area contributed by atoms with Crippen molar-refractivity contribution in [1.29, 1.82) is 0 Å². The molecule has 3 rings (SSSR count). The Balaban J connectivity index is 1.63. The average Bonchev–Trinajstić information content (AvgIpc) is 2.53. The van der Waals surface area contributed by atoms with Crippen molar-refractivity contribution >= 4 is 0 Å². The van der Waals surface area contributed by atoms with Gasteiger partial charge < -0.3 is 0 Å². The van der Waals surface area contributed by atoms with Gasteiger partial charge in [-0.2, -0.15) is 0 Å². The van der Waals surface area contributed by atoms with Crippen LogP contribution in [0.3, 0.4) is 0 Å². The van der Waals surface area contributed by atoms with E-state index in [9.17, 15) is 0 Å². The van der Waals surface area contributed by atoms with Gasteiger partial charge >= 0.3 is 0 Å². The first-order valence-electron chi connectivity index (χ1n) is 9.37. The van der Waals surface area contributed by atoms with Crippen LogP contribution in [0.1, 0.15) is 59.6 Å². The minimum Gasteiger partial charge on any atom is -0.238 e. The number of nitrogens with zero attached hydrogens (tertiary/aromatic N) is 2. The lowest BCUT2D eigenvalue weighted by Crippen LogP contribution is -2.20. The van der Waals surface area contributed by atoms with Crippen molar-refractivity contribution < 1.29 is 0 Å². The van der Waals surface area contributed by atoms with E-state index in [2.05, 4.69) is 52.0 Å². The summed E-state index contributed by atoms with van der Waals surface area (Å²) in [6.07, 6.45) is 7.66. The molecule has 1 aliphatic rings. The molecule has 0 bridgehead atoms. The zero-order valence-corrected chi connectivity index (χ0v) is 15.6. The molecular formula is C22H30N2. The number of aromatic nitrogens is 2. The lowest BCUT2D eigenvalue weighted by atomic mass is 9.77. The van der Waals surface area contributed by atoms with E-state index in [-0.39, 0.29) is 0 Å². The minimum absolute atomic E-state index is 0.745. The summed E-state index contributed by atoms with van der Waals surface area (Å²) in [6, 6.07) is 9.01. The van der Waals surface area contributed by atoms with Crippen LogP contribution in [-0.2, 0) is 12.8 Å². The summed E-state index contributed by atoms with van der Waals surface area (Å²) in [5.74, 6) is 2.62. The number of hydrogen-bond acceptors (Lipinski definition) is 2. The second-order valence-electron chi connectivity index (χ2n) is 7.73. The molecule has 24 heavy (non-hydrogen) atoms. The van der Waals surface area contributed by atoms with Gasteiger partial charge in [-0.15, -0.1) is 0 Å². The number of rotatable bonds is 4. The minimum atomic E-state index is 0.745. The molecule has 0 aliphatic heterocycles. The fraction of sp³-hybridized carbons (Fsp3) is 0.545. The molecule has 128 valence electrons. The Morgan fingerprint density at radius 3 is 2.25 bits per heavy atom. The van der Waals surface area contributed by atoms with E-state index < -0.39 is 0 Å². The molecule has 1 aliphatic carbocycles. The van der Waals surface area contributed by atoms with Crippen LogP contribution in [0.15, 0.2) is 24.3 Å². The van der Waals surface area contributed by atoms with Gasteiger partial charge in [-0.05, 0) is 69.9 Å². The Hall–Kier alpha value is -1.70. The van der Waals surface area contributed by atoms with E-state index in [0.717, 1.165) is 35.5 Å². The van der Waals surface area contributed by atoms with Crippen LogP contribution in [0, 0.1) is 39.5 Å². The normalized spacial score (nSPS) is 21.0. The van der Waals surface area contributed by atoms with Crippen molar-refractivity contribution in [3.8, 4) is 0 Å². The molecule has 2 atom stereocenters. The summed E-state index contributed by atoms with van der Waals surface area (Å²) >= 11 is 0. The average molecular weight is 322 g/mol. The smallest absolute Gasteiger partial charge is 0.129 e. The third-order valence-electron chi connectivity index (χ3n) is 5.65. The van der Waals surface area contributed by atoms with Crippen LogP contribution in [0.2, 0.25) is 0 Å². The highest BCUT2D eigenvalue weighted by molar-refractivity contribution is 5.23. The molecule has 0 N–H and O–H groups in total. The zero-order valence-electron chi connectivity index (χ0n) is 15.6. The van der Waals surface area contributed by atoms with Gasteiger partial charge in [-0.1, -0.05) is 42.7 Å². The van der Waals surface area contributed by atoms with Crippen LogP contribution in [0.25, 0.3) is 0 Å². The van der Waals surface area contributed by atoms with E-state index in [1.807, 2.05) is 0 Å². The van der Waals surface area contributed by atoms with Crippen LogP contribution in [0.5, 0.6) is 0 Å². The maximum Gasteiger partial charge on any atom is 0.129 e. The lowest BCUT2D eigenvalue weighted by Gasteiger charge is -2.29. The second-order valence-corrected chi connectivity index (χ2v) is 7.73. The van der Waals surface area contributed by atoms with E-state index in [0.29, 0.717) is 0 Å². The predicted molar refractivity (Wildman–Crippen MR) is 100 cm³/mol. The summed E-state index contributed by atoms with van der Waals surface area (Å²) in [7, 11) is 0. The summed E-state index contributed by atoms with van der Waals surface area (Å²) in [5.41, 5.74) is 6.40. The molecule has 2 heteroatoms. The molecule has 0 radical (unpaired) electrons. The third kappa shape index (κ3) is 4.23. The van der Waals surface area contributed by atoms with Crippen LogP contribution < -0.4 is 0 Å². The zero-order chi connectivity index (χ0) is 17.1. The van der Waals surface area contributed by atoms with Gasteiger partial charge in [0, 0.05) is 17.8 Å². The van der Waals surface area contributed by atoms with E-state index in [1.165, 1.54) is 48.8 Å². The Bertz CT molecular complexity index is 682. The summed E-state index contributed by atoms with van der Waals surface area (Å²) in [4.78, 5) is 9.47. The molecule has 0 spiro atoms. The van der Waals surface area contributed by atoms with Crippen molar-refractivity contribution in [2.75, 3.05) is 0 Å². The van der Waals surface area contributed by atoms with E-state index >= 15 is 0 Å². The molecule has 0 amide bonds. The maximum atomic E-state index is 4.74. The molecule has 2 unspecified atom stereocenters. The molecular weight excluding hydrogens is 292 g/mol. The van der Waals surface area contributed by atoms with Crippen molar-refractivity contribution in [2.45, 2.75) is 66.2 Å². The molecule has 1 aromatic carbocycles. The predicted octanol–water partition coefficient (Wildman–Crippen LogP) is 5.30. The first-order chi connectivity index (χ1) is 11.5. The quantitative estimate of drug-likeness (QED) is 0.763. The second kappa shape index (κ2) is 7.46. The van der Waals surface area contributed by atoms with Crippen molar-refractivity contribution in [3.63, 3.8) is 0 Å². The Morgan fingerprint density at radius 1 is 0.917 bits per heavy atom. The Labute approximate surface area is 146 Å². The first kappa shape index (κ1) is 17.1. The number of benzene rings is 1. The van der Waals surface area contributed by atoms with Crippen LogP contribution in [0.4, 0.5) is 0 Å². The lowest BCUT2D eigenvalue weighted by molar-refractivity contribution is 0.261. The molecule has 1 heterocycles. The third-order valence-corrected chi connectivity index (χ3v) is 5.65. The molecule has 1 saturated carbocycles. The van der Waals surface area contributed by atoms with Crippen LogP contribution >= 0.6 is 0 Å². The maximum absolute atomic E-state index is 4.74. The van der Waals surface area contributed by atoms with E-state index in [1.54, 1.807) is 0 Å². The topological polar surface area (TPSA) is 25.8 Å². The fourth-order valence-corrected chi connectivity index (χ4v) is 4.14. The Kier molecular flexibility index (Phi) is 5.33. The summed E-state index contributed by atoms with van der Waals surface area (Å²) in [5, 5.41) is 0. The Morgan fingerprint density at radius 2 is 1.58 bits per heavy atom. The van der Waals surface area contributed by atoms with Gasteiger partial charge in [0.25, 0.3) is 0 Å². The van der Waals surface area contributed by atoms with Gasteiger partial charge in [0.05, 0.1) is 0 Å². The van der Waals surface area contributed by atoms with Crippen molar-refractivity contribution in [3.05, 3.63) is 58.2 Å². The van der Waals surface area contributed by atoms with Gasteiger partial charge in [-0.25, -0.2) is 9.97 Å². The largest absolute Gasteiger partial charge is 0.238 e. The van der Waals surface area contributed by atoms with Crippen molar-refractivity contribution in [2.24, 2.45) is 11.8 Å². The van der Waals surface area contributed by atoms with E-state index in [4.69, 9.17) is 9.97 Å². The van der Waals surface area contributed by atoms with Gasteiger partial charge in [0.2, 0.25) is 0 Å². The fourth-order valence-electron chi connectivity index (χ4n) is 4.14. The highest BCUT2D eigenvalue weighted by atomic mass is 14.9. The monoisotopic (exact) mass is 322 g/mol. The molecule has 0 saturated heterocycles. The highest BCUT2D eigenvalue weighted by Gasteiger charge is 2.23.